The Labute approximate surface area is 180 Å². The number of aromatic nitrogens is 3. The lowest BCUT2D eigenvalue weighted by atomic mass is 10.2. The highest BCUT2D eigenvalue weighted by molar-refractivity contribution is 5.77. The van der Waals surface area contributed by atoms with Gasteiger partial charge in [0.1, 0.15) is 24.2 Å². The van der Waals surface area contributed by atoms with Gasteiger partial charge >= 0.3 is 0 Å². The monoisotopic (exact) mass is 426 g/mol. The van der Waals surface area contributed by atoms with E-state index in [0.717, 1.165) is 5.82 Å². The zero-order valence-electron chi connectivity index (χ0n) is 17.7. The summed E-state index contributed by atoms with van der Waals surface area (Å²) in [4.78, 5) is 32.3. The number of hydrogen-bond donors (Lipinski definition) is 1. The summed E-state index contributed by atoms with van der Waals surface area (Å²) in [5, 5.41) is 14.9. The minimum Gasteiger partial charge on any atom is -0.489 e. The molecule has 3 rings (SSSR count). The smallest absolute Gasteiger partial charge is 0.270 e. The molecule has 1 saturated heterocycles. The number of amides is 1. The molecular formula is C21H26N6O4. The van der Waals surface area contributed by atoms with Crippen LogP contribution in [0.4, 0.5) is 5.82 Å². The number of hydrogen-bond acceptors (Lipinski definition) is 8. The van der Waals surface area contributed by atoms with Gasteiger partial charge in [-0.05, 0) is 26.0 Å². The van der Waals surface area contributed by atoms with Crippen LogP contribution in [0.2, 0.25) is 0 Å². The number of anilines is 1. The summed E-state index contributed by atoms with van der Waals surface area (Å²) in [6.07, 6.45) is 3.06. The number of nitriles is 1. The van der Waals surface area contributed by atoms with Gasteiger partial charge < -0.3 is 19.3 Å². The molecule has 0 unspecified atom stereocenters. The van der Waals surface area contributed by atoms with Crippen LogP contribution in [0, 0.1) is 18.3 Å². The number of piperazine rings is 1. The van der Waals surface area contributed by atoms with E-state index in [9.17, 15) is 9.59 Å². The summed E-state index contributed by atoms with van der Waals surface area (Å²) < 4.78 is 11.2. The molecule has 0 aliphatic carbocycles. The van der Waals surface area contributed by atoms with Crippen LogP contribution in [0.3, 0.4) is 0 Å². The van der Waals surface area contributed by atoms with Crippen molar-refractivity contribution in [3.8, 4) is 11.8 Å². The topological polar surface area (TPSA) is 124 Å². The Kier molecular flexibility index (Phi) is 7.56. The molecule has 1 atom stereocenters. The van der Waals surface area contributed by atoms with E-state index >= 15 is 0 Å². The van der Waals surface area contributed by atoms with Crippen LogP contribution in [0.1, 0.15) is 24.5 Å². The second-order valence-electron chi connectivity index (χ2n) is 7.31. The summed E-state index contributed by atoms with van der Waals surface area (Å²) in [5.41, 5.74) is 0.710. The van der Waals surface area contributed by atoms with Crippen molar-refractivity contribution < 1.29 is 14.3 Å². The van der Waals surface area contributed by atoms with Gasteiger partial charge in [-0.2, -0.15) is 10.4 Å². The van der Waals surface area contributed by atoms with Crippen molar-refractivity contribution in [2.45, 2.75) is 26.4 Å². The molecule has 1 fully saturated rings. The number of carbonyl (C=O) groups excluding carboxylic acids is 1. The largest absolute Gasteiger partial charge is 0.489 e. The predicted molar refractivity (Wildman–Crippen MR) is 113 cm³/mol. The fourth-order valence-corrected chi connectivity index (χ4v) is 3.25. The maximum Gasteiger partial charge on any atom is 0.270 e. The third kappa shape index (κ3) is 6.02. The van der Waals surface area contributed by atoms with Gasteiger partial charge in [0, 0.05) is 32.4 Å². The molecule has 1 amide bonds. The quantitative estimate of drug-likeness (QED) is 0.617. The van der Waals surface area contributed by atoms with Crippen LogP contribution >= 0.6 is 0 Å². The maximum atomic E-state index is 12.6. The number of ether oxygens (including phenoxy) is 2. The van der Waals surface area contributed by atoms with E-state index in [1.165, 1.54) is 6.20 Å². The molecule has 1 aliphatic heterocycles. The average molecular weight is 426 g/mol. The molecule has 0 radical (unpaired) electrons. The summed E-state index contributed by atoms with van der Waals surface area (Å²) >= 11 is 0. The standard InChI is InChI=1S/C21H26N6O4/c1-15(30-9-10-31-18-14-24-25-21(29)16(18)2)11-20(28)27-7-5-26(6-8-27)19-4-3-17(12-22)13-23-19/h3-4,13-15H,5-11H2,1-2H3,(H,25,29)/t15-/m0/s1. The highest BCUT2D eigenvalue weighted by atomic mass is 16.5. The van der Waals surface area contributed by atoms with Gasteiger partial charge in [0.2, 0.25) is 5.91 Å². The zero-order chi connectivity index (χ0) is 22.2. The van der Waals surface area contributed by atoms with E-state index in [1.807, 2.05) is 17.9 Å². The fourth-order valence-electron chi connectivity index (χ4n) is 3.25. The van der Waals surface area contributed by atoms with Gasteiger partial charge in [-0.3, -0.25) is 9.59 Å². The van der Waals surface area contributed by atoms with E-state index in [1.54, 1.807) is 19.2 Å². The second kappa shape index (κ2) is 10.5. The molecular weight excluding hydrogens is 400 g/mol. The minimum atomic E-state index is -0.285. The Morgan fingerprint density at radius 3 is 2.71 bits per heavy atom. The van der Waals surface area contributed by atoms with E-state index in [4.69, 9.17) is 14.7 Å². The second-order valence-corrected chi connectivity index (χ2v) is 7.31. The lowest BCUT2D eigenvalue weighted by molar-refractivity contribution is -0.134. The summed E-state index contributed by atoms with van der Waals surface area (Å²) in [6.45, 7) is 6.70. The van der Waals surface area contributed by atoms with E-state index in [2.05, 4.69) is 26.2 Å². The first-order chi connectivity index (χ1) is 15.0. The molecule has 3 heterocycles. The highest BCUT2D eigenvalue weighted by Crippen LogP contribution is 2.15. The summed E-state index contributed by atoms with van der Waals surface area (Å²) in [7, 11) is 0. The Morgan fingerprint density at radius 1 is 1.26 bits per heavy atom. The molecule has 1 aliphatic rings. The number of pyridine rings is 1. The Balaban J connectivity index is 1.36. The average Bonchev–Trinajstić information content (AvgIpc) is 2.79. The van der Waals surface area contributed by atoms with Crippen molar-refractivity contribution in [3.05, 3.63) is 46.0 Å². The minimum absolute atomic E-state index is 0.0514. The van der Waals surface area contributed by atoms with E-state index in [0.29, 0.717) is 56.1 Å². The van der Waals surface area contributed by atoms with Crippen molar-refractivity contribution in [2.24, 2.45) is 0 Å². The van der Waals surface area contributed by atoms with Crippen LogP contribution in [0.15, 0.2) is 29.3 Å². The SMILES string of the molecule is Cc1c(OCCO[C@@H](C)CC(=O)N2CCN(c3ccc(C#N)cn3)CC2)cn[nH]c1=O. The molecule has 0 saturated carbocycles. The number of nitrogens with one attached hydrogen (secondary N) is 1. The van der Waals surface area contributed by atoms with Gasteiger partial charge in [0.15, 0.2) is 0 Å². The molecule has 2 aromatic heterocycles. The normalized spacial score (nSPS) is 14.7. The third-order valence-electron chi connectivity index (χ3n) is 5.10. The fraction of sp³-hybridized carbons (Fsp3) is 0.476. The van der Waals surface area contributed by atoms with Crippen molar-refractivity contribution in [3.63, 3.8) is 0 Å². The van der Waals surface area contributed by atoms with E-state index in [-0.39, 0.29) is 24.2 Å². The van der Waals surface area contributed by atoms with E-state index < -0.39 is 0 Å². The zero-order valence-corrected chi connectivity index (χ0v) is 17.7. The van der Waals surface area contributed by atoms with Crippen LogP contribution in [-0.4, -0.2) is 71.5 Å². The Morgan fingerprint density at radius 2 is 2.03 bits per heavy atom. The van der Waals surface area contributed by atoms with Crippen LogP contribution in [0.5, 0.6) is 5.75 Å². The number of carbonyl (C=O) groups is 1. The number of H-pyrrole nitrogens is 1. The first-order valence-electron chi connectivity index (χ1n) is 10.2. The van der Waals surface area contributed by atoms with Gasteiger partial charge in [0.25, 0.3) is 5.56 Å². The molecule has 0 bridgehead atoms. The van der Waals surface area contributed by atoms with Crippen molar-refractivity contribution in [1.82, 2.24) is 20.1 Å². The number of rotatable bonds is 8. The van der Waals surface area contributed by atoms with Gasteiger partial charge in [-0.15, -0.1) is 0 Å². The molecule has 2 aromatic rings. The van der Waals surface area contributed by atoms with Crippen LogP contribution in [-0.2, 0) is 9.53 Å². The van der Waals surface area contributed by atoms with Crippen molar-refractivity contribution in [1.29, 1.82) is 5.26 Å². The molecule has 1 N–H and O–H groups in total. The molecule has 10 heteroatoms. The van der Waals surface area contributed by atoms with Crippen LogP contribution in [0.25, 0.3) is 0 Å². The van der Waals surface area contributed by atoms with Crippen LogP contribution < -0.4 is 15.2 Å². The lowest BCUT2D eigenvalue weighted by Gasteiger charge is -2.35. The van der Waals surface area contributed by atoms with Gasteiger partial charge in [-0.25, -0.2) is 10.1 Å². The number of aromatic amines is 1. The first kappa shape index (κ1) is 22.2. The molecule has 164 valence electrons. The molecule has 31 heavy (non-hydrogen) atoms. The number of nitrogens with zero attached hydrogens (tertiary/aromatic N) is 5. The van der Waals surface area contributed by atoms with Gasteiger partial charge in [-0.1, -0.05) is 0 Å². The Bertz CT molecular complexity index is 977. The van der Waals surface area contributed by atoms with Gasteiger partial charge in [0.05, 0.1) is 36.5 Å². The van der Waals surface area contributed by atoms with Crippen molar-refractivity contribution in [2.75, 3.05) is 44.3 Å². The maximum absolute atomic E-state index is 12.6. The molecule has 0 aromatic carbocycles. The first-order valence-corrected chi connectivity index (χ1v) is 10.2. The molecule has 10 nitrogen and oxygen atoms in total. The molecule has 0 spiro atoms. The summed E-state index contributed by atoms with van der Waals surface area (Å²) in [5.74, 6) is 1.29. The highest BCUT2D eigenvalue weighted by Gasteiger charge is 2.23. The van der Waals surface area contributed by atoms with Crippen molar-refractivity contribution >= 4 is 11.7 Å². The Hall–Kier alpha value is -3.45. The predicted octanol–water partition coefficient (Wildman–Crippen LogP) is 0.868. The third-order valence-corrected chi connectivity index (χ3v) is 5.10. The lowest BCUT2D eigenvalue weighted by Crippen LogP contribution is -2.49. The summed E-state index contributed by atoms with van der Waals surface area (Å²) in [6, 6.07) is 5.63.